The summed E-state index contributed by atoms with van der Waals surface area (Å²) >= 11 is 0. The lowest BCUT2D eigenvalue weighted by molar-refractivity contribution is 0.0592. The van der Waals surface area contributed by atoms with Crippen molar-refractivity contribution in [1.29, 1.82) is 0 Å². The summed E-state index contributed by atoms with van der Waals surface area (Å²) < 4.78 is 37.4. The molecule has 1 aliphatic carbocycles. The summed E-state index contributed by atoms with van der Waals surface area (Å²) in [6.45, 7) is 4.93. The lowest BCUT2D eigenvalue weighted by Crippen LogP contribution is -2.24. The molecule has 2 atom stereocenters. The molecule has 1 saturated carbocycles. The molecule has 27 heavy (non-hydrogen) atoms. The van der Waals surface area contributed by atoms with E-state index in [1.165, 1.54) is 71.3 Å². The molecule has 1 aromatic rings. The van der Waals surface area contributed by atoms with E-state index in [-0.39, 0.29) is 0 Å². The number of unbranched alkanes of at least 4 members (excludes halogenated alkanes) is 2. The molecule has 0 spiro atoms. The normalized spacial score (nSPS) is 22.7. The van der Waals surface area contributed by atoms with Gasteiger partial charge < -0.3 is 9.47 Å². The van der Waals surface area contributed by atoms with Gasteiger partial charge in [0.1, 0.15) is 0 Å². The Morgan fingerprint density at radius 3 is 2.30 bits per heavy atom. The van der Waals surface area contributed by atoms with Crippen LogP contribution in [0.5, 0.6) is 11.5 Å². The van der Waals surface area contributed by atoms with Gasteiger partial charge in [0.2, 0.25) is 12.7 Å². The van der Waals surface area contributed by atoms with E-state index >= 15 is 0 Å². The molecule has 0 heterocycles. The monoisotopic (exact) mass is 398 g/mol. The van der Waals surface area contributed by atoms with Crippen LogP contribution in [0.3, 0.4) is 0 Å². The van der Waals surface area contributed by atoms with Crippen LogP contribution in [0.4, 0.5) is 8.78 Å². The van der Waals surface area contributed by atoms with Gasteiger partial charge >= 0.3 is 0 Å². The first-order valence-corrected chi connectivity index (χ1v) is 12.4. The van der Waals surface area contributed by atoms with Crippen LogP contribution in [0, 0.1) is 11.8 Å². The summed E-state index contributed by atoms with van der Waals surface area (Å²) in [5, 5.41) is 1.04. The van der Waals surface area contributed by atoms with Crippen molar-refractivity contribution in [2.24, 2.45) is 11.8 Å². The summed E-state index contributed by atoms with van der Waals surface area (Å²) in [7, 11) is -0.614. The Bertz CT molecular complexity index is 543. The number of ether oxygens (including phenoxy) is 2. The fourth-order valence-electron chi connectivity index (χ4n) is 4.17. The van der Waals surface area contributed by atoms with E-state index in [0.717, 1.165) is 17.0 Å². The molecule has 0 aromatic heterocycles. The molecule has 0 amide bonds. The van der Waals surface area contributed by atoms with Crippen molar-refractivity contribution in [3.05, 3.63) is 18.2 Å². The standard InChI is InChI=1S/C22H36F2O2Si/c1-4-5-6-8-18-11-13-19(14-12-18)15-27-21-10-7-9-20(25-16(2)23)22(21)26-17(3)24/h7,9-10,16-19H,4-6,8,11-15,27H2,1-3H3. The van der Waals surface area contributed by atoms with E-state index < -0.39 is 22.2 Å². The number of benzene rings is 1. The van der Waals surface area contributed by atoms with Crippen molar-refractivity contribution >= 4 is 14.7 Å². The highest BCUT2D eigenvalue weighted by molar-refractivity contribution is 6.54. The summed E-state index contributed by atoms with van der Waals surface area (Å²) in [5.41, 5.74) is 0. The van der Waals surface area contributed by atoms with E-state index in [1.807, 2.05) is 12.1 Å². The summed E-state index contributed by atoms with van der Waals surface area (Å²) in [6.07, 6.45) is 7.90. The van der Waals surface area contributed by atoms with Gasteiger partial charge in [-0.15, -0.1) is 0 Å². The smallest absolute Gasteiger partial charge is 0.236 e. The van der Waals surface area contributed by atoms with Crippen molar-refractivity contribution in [2.45, 2.75) is 90.9 Å². The fraction of sp³-hybridized carbons (Fsp3) is 0.727. The molecule has 0 aliphatic heterocycles. The van der Waals surface area contributed by atoms with Gasteiger partial charge in [-0.2, -0.15) is 0 Å². The van der Waals surface area contributed by atoms with E-state index in [9.17, 15) is 8.78 Å². The van der Waals surface area contributed by atoms with Crippen LogP contribution in [-0.2, 0) is 0 Å². The molecular formula is C22H36F2O2Si. The number of alkyl halides is 2. The third-order valence-corrected chi connectivity index (χ3v) is 7.83. The van der Waals surface area contributed by atoms with Crippen LogP contribution in [0.15, 0.2) is 18.2 Å². The maximum absolute atomic E-state index is 13.5. The Hall–Kier alpha value is -1.10. The molecule has 0 radical (unpaired) electrons. The second-order valence-electron chi connectivity index (χ2n) is 7.99. The van der Waals surface area contributed by atoms with Crippen molar-refractivity contribution in [1.82, 2.24) is 0 Å². The first-order chi connectivity index (χ1) is 13.0. The van der Waals surface area contributed by atoms with Gasteiger partial charge in [-0.25, -0.2) is 8.78 Å². The molecule has 0 N–H and O–H groups in total. The zero-order valence-corrected chi connectivity index (χ0v) is 18.6. The minimum absolute atomic E-state index is 0.319. The molecule has 0 saturated heterocycles. The van der Waals surface area contributed by atoms with Gasteiger partial charge in [-0.05, 0) is 23.1 Å². The fourth-order valence-corrected chi connectivity index (χ4v) is 6.26. The predicted molar refractivity (Wildman–Crippen MR) is 111 cm³/mol. The minimum atomic E-state index is -1.44. The quantitative estimate of drug-likeness (QED) is 0.353. The van der Waals surface area contributed by atoms with E-state index in [2.05, 4.69) is 6.92 Å². The van der Waals surface area contributed by atoms with Gasteiger partial charge in [0.25, 0.3) is 0 Å². The Morgan fingerprint density at radius 2 is 1.67 bits per heavy atom. The number of hydrogen-bond donors (Lipinski definition) is 0. The Balaban J connectivity index is 1.90. The zero-order valence-electron chi connectivity index (χ0n) is 17.2. The van der Waals surface area contributed by atoms with Crippen LogP contribution >= 0.6 is 0 Å². The van der Waals surface area contributed by atoms with E-state index in [1.54, 1.807) is 6.07 Å². The van der Waals surface area contributed by atoms with Gasteiger partial charge in [0.05, 0.1) is 9.52 Å². The van der Waals surface area contributed by atoms with Crippen molar-refractivity contribution < 1.29 is 18.3 Å². The SMILES string of the molecule is CCCCCC1CCC(C[SiH2]c2cccc(OC(C)F)c2OC(C)F)CC1. The summed E-state index contributed by atoms with van der Waals surface area (Å²) in [4.78, 5) is 0. The largest absolute Gasteiger partial charge is 0.457 e. The Labute approximate surface area is 165 Å². The summed E-state index contributed by atoms with van der Waals surface area (Å²) in [5.74, 6) is 2.43. The predicted octanol–water partition coefficient (Wildman–Crippen LogP) is 5.67. The van der Waals surface area contributed by atoms with Gasteiger partial charge in [-0.1, -0.05) is 76.5 Å². The highest BCUT2D eigenvalue weighted by Gasteiger charge is 2.22. The van der Waals surface area contributed by atoms with Gasteiger partial charge in [-0.3, -0.25) is 0 Å². The lowest BCUT2D eigenvalue weighted by Gasteiger charge is -2.28. The lowest BCUT2D eigenvalue weighted by atomic mass is 9.80. The van der Waals surface area contributed by atoms with Crippen LogP contribution in [0.1, 0.15) is 72.1 Å². The van der Waals surface area contributed by atoms with Crippen LogP contribution in [0.2, 0.25) is 6.04 Å². The van der Waals surface area contributed by atoms with Crippen LogP contribution < -0.4 is 14.7 Å². The molecule has 2 unspecified atom stereocenters. The number of para-hydroxylation sites is 1. The number of hydrogen-bond acceptors (Lipinski definition) is 2. The topological polar surface area (TPSA) is 18.5 Å². The summed E-state index contributed by atoms with van der Waals surface area (Å²) in [6, 6.07) is 6.72. The molecule has 1 fully saturated rings. The van der Waals surface area contributed by atoms with Gasteiger partial charge in [0, 0.05) is 13.8 Å². The zero-order chi connectivity index (χ0) is 19.6. The van der Waals surface area contributed by atoms with E-state index in [4.69, 9.17) is 9.47 Å². The molecule has 5 heteroatoms. The molecule has 2 rings (SSSR count). The third kappa shape index (κ3) is 7.80. The third-order valence-electron chi connectivity index (χ3n) is 5.63. The molecule has 1 aliphatic rings. The average Bonchev–Trinajstić information content (AvgIpc) is 2.62. The molecule has 154 valence electrons. The molecule has 0 bridgehead atoms. The molecule has 2 nitrogen and oxygen atoms in total. The second kappa shape index (κ2) is 11.7. The first-order valence-electron chi connectivity index (χ1n) is 10.7. The van der Waals surface area contributed by atoms with E-state index in [0.29, 0.717) is 11.5 Å². The van der Waals surface area contributed by atoms with Crippen LogP contribution in [-0.4, -0.2) is 22.2 Å². The maximum Gasteiger partial charge on any atom is 0.236 e. The highest BCUT2D eigenvalue weighted by atomic mass is 28.2. The highest BCUT2D eigenvalue weighted by Crippen LogP contribution is 2.34. The van der Waals surface area contributed by atoms with Crippen molar-refractivity contribution in [3.63, 3.8) is 0 Å². The number of halogens is 2. The second-order valence-corrected chi connectivity index (χ2v) is 9.83. The first kappa shape index (κ1) is 22.2. The molecular weight excluding hydrogens is 362 g/mol. The maximum atomic E-state index is 13.5. The Kier molecular flexibility index (Phi) is 9.59. The van der Waals surface area contributed by atoms with Crippen molar-refractivity contribution in [2.75, 3.05) is 0 Å². The molecule has 1 aromatic carbocycles. The Morgan fingerprint density at radius 1 is 1.00 bits per heavy atom. The average molecular weight is 399 g/mol. The number of rotatable bonds is 11. The minimum Gasteiger partial charge on any atom is -0.457 e. The van der Waals surface area contributed by atoms with Crippen LogP contribution in [0.25, 0.3) is 0 Å². The van der Waals surface area contributed by atoms with Crippen molar-refractivity contribution in [3.8, 4) is 11.5 Å². The van der Waals surface area contributed by atoms with Gasteiger partial charge in [0.15, 0.2) is 11.5 Å².